The van der Waals surface area contributed by atoms with Gasteiger partial charge in [0, 0.05) is 6.04 Å². The molecule has 0 spiro atoms. The minimum Gasteiger partial charge on any atom is -0.480 e. The average Bonchev–Trinajstić information content (AvgIpc) is 2.97. The molecule has 1 N–H and O–H groups in total. The lowest BCUT2D eigenvalue weighted by molar-refractivity contribution is -0.152. The molecule has 1 atom stereocenters. The molecule has 1 saturated carbocycles. The summed E-state index contributed by atoms with van der Waals surface area (Å²) in [5, 5.41) is 9.63. The van der Waals surface area contributed by atoms with Crippen molar-refractivity contribution in [3.8, 4) is 0 Å². The molecule has 20 heavy (non-hydrogen) atoms. The van der Waals surface area contributed by atoms with E-state index >= 15 is 0 Å². The molecular weight excluding hydrogens is 258 g/mol. The molecule has 0 aromatic rings. The number of amides is 1. The molecule has 1 aliphatic rings. The number of carboxylic acids is 1. The molecule has 0 aromatic carbocycles. The van der Waals surface area contributed by atoms with Crippen LogP contribution in [-0.4, -0.2) is 39.3 Å². The highest BCUT2D eigenvalue weighted by Gasteiger charge is 2.48. The number of carbonyl (C=O) groups excluding carboxylic acids is 1. The minimum absolute atomic E-state index is 0.232. The Kier molecular flexibility index (Phi) is 4.72. The smallest absolute Gasteiger partial charge is 0.411 e. The zero-order chi connectivity index (χ0) is 15.7. The first-order valence-corrected chi connectivity index (χ1v) is 7.23. The lowest BCUT2D eigenvalue weighted by atomic mass is 9.91. The second kappa shape index (κ2) is 5.62. The van der Waals surface area contributed by atoms with E-state index in [0.717, 1.165) is 12.8 Å². The van der Waals surface area contributed by atoms with Gasteiger partial charge in [-0.2, -0.15) is 0 Å². The SMILES string of the molecule is CC(C)N(C(=O)OC(C)(C)C)C(C)(CC1CC1)C(=O)O. The third-order valence-electron chi connectivity index (χ3n) is 3.48. The van der Waals surface area contributed by atoms with Crippen LogP contribution in [0.15, 0.2) is 0 Å². The molecule has 0 aromatic heterocycles. The molecule has 1 unspecified atom stereocenters. The molecule has 116 valence electrons. The van der Waals surface area contributed by atoms with Crippen LogP contribution in [0.25, 0.3) is 0 Å². The Morgan fingerprint density at radius 3 is 2.05 bits per heavy atom. The molecular formula is C15H27NO4. The maximum absolute atomic E-state index is 12.4. The van der Waals surface area contributed by atoms with Gasteiger partial charge in [0.05, 0.1) is 0 Å². The van der Waals surface area contributed by atoms with Crippen LogP contribution in [-0.2, 0) is 9.53 Å². The fraction of sp³-hybridized carbons (Fsp3) is 0.867. The maximum Gasteiger partial charge on any atom is 0.411 e. The van der Waals surface area contributed by atoms with Crippen molar-refractivity contribution < 1.29 is 19.4 Å². The summed E-state index contributed by atoms with van der Waals surface area (Å²) >= 11 is 0. The minimum atomic E-state index is -1.21. The van der Waals surface area contributed by atoms with E-state index in [1.807, 2.05) is 13.8 Å². The van der Waals surface area contributed by atoms with E-state index in [-0.39, 0.29) is 6.04 Å². The first-order valence-electron chi connectivity index (χ1n) is 7.23. The van der Waals surface area contributed by atoms with Crippen molar-refractivity contribution in [3.63, 3.8) is 0 Å². The van der Waals surface area contributed by atoms with Crippen LogP contribution >= 0.6 is 0 Å². The van der Waals surface area contributed by atoms with Gasteiger partial charge in [-0.1, -0.05) is 12.8 Å². The molecule has 5 heteroatoms. The lowest BCUT2D eigenvalue weighted by Crippen LogP contribution is -2.59. The number of carboxylic acid groups (broad SMARTS) is 1. The van der Waals surface area contributed by atoms with Crippen LogP contribution in [0, 0.1) is 5.92 Å². The Balaban J connectivity index is 3.01. The van der Waals surface area contributed by atoms with Crippen molar-refractivity contribution in [3.05, 3.63) is 0 Å². The van der Waals surface area contributed by atoms with Crippen molar-refractivity contribution >= 4 is 12.1 Å². The summed E-state index contributed by atoms with van der Waals surface area (Å²) in [4.78, 5) is 25.5. The highest BCUT2D eigenvalue weighted by molar-refractivity contribution is 5.84. The second-order valence-corrected chi connectivity index (χ2v) is 7.17. The Hall–Kier alpha value is -1.26. The summed E-state index contributed by atoms with van der Waals surface area (Å²) < 4.78 is 5.38. The van der Waals surface area contributed by atoms with E-state index in [2.05, 4.69) is 0 Å². The Morgan fingerprint density at radius 2 is 1.75 bits per heavy atom. The van der Waals surface area contributed by atoms with Crippen LogP contribution < -0.4 is 0 Å². The van der Waals surface area contributed by atoms with Crippen LogP contribution in [0.2, 0.25) is 0 Å². The number of nitrogens with zero attached hydrogens (tertiary/aromatic N) is 1. The molecule has 1 rings (SSSR count). The van der Waals surface area contributed by atoms with E-state index in [9.17, 15) is 14.7 Å². The molecule has 1 aliphatic carbocycles. The molecule has 0 radical (unpaired) electrons. The number of hydrogen-bond donors (Lipinski definition) is 1. The van der Waals surface area contributed by atoms with E-state index < -0.39 is 23.2 Å². The monoisotopic (exact) mass is 285 g/mol. The van der Waals surface area contributed by atoms with Crippen molar-refractivity contribution in [1.82, 2.24) is 4.90 Å². The number of carbonyl (C=O) groups is 2. The van der Waals surface area contributed by atoms with Gasteiger partial charge >= 0.3 is 12.1 Å². The zero-order valence-electron chi connectivity index (χ0n) is 13.4. The van der Waals surface area contributed by atoms with Crippen molar-refractivity contribution in [2.45, 2.75) is 78.0 Å². The van der Waals surface area contributed by atoms with Crippen LogP contribution in [0.1, 0.15) is 60.8 Å². The van der Waals surface area contributed by atoms with Gasteiger partial charge in [-0.05, 0) is 53.9 Å². The number of hydrogen-bond acceptors (Lipinski definition) is 3. The summed E-state index contributed by atoms with van der Waals surface area (Å²) in [6.07, 6.45) is 2.02. The summed E-state index contributed by atoms with van der Waals surface area (Å²) in [5.41, 5.74) is -1.85. The molecule has 1 fully saturated rings. The quantitative estimate of drug-likeness (QED) is 0.841. The highest BCUT2D eigenvalue weighted by Crippen LogP contribution is 2.40. The fourth-order valence-electron chi connectivity index (χ4n) is 2.47. The first-order chi connectivity index (χ1) is 8.97. The van der Waals surface area contributed by atoms with Gasteiger partial charge in [-0.15, -0.1) is 0 Å². The standard InChI is InChI=1S/C15H27NO4/c1-10(2)16(13(19)20-14(3,4)5)15(6,12(17)18)9-11-7-8-11/h10-11H,7-9H2,1-6H3,(H,17,18). The number of aliphatic carboxylic acids is 1. The largest absolute Gasteiger partial charge is 0.480 e. The van der Waals surface area contributed by atoms with E-state index in [1.165, 1.54) is 4.90 Å². The summed E-state index contributed by atoms with van der Waals surface area (Å²) in [6, 6.07) is -0.232. The number of ether oxygens (including phenoxy) is 1. The highest BCUT2D eigenvalue weighted by atomic mass is 16.6. The van der Waals surface area contributed by atoms with Crippen molar-refractivity contribution in [1.29, 1.82) is 0 Å². The van der Waals surface area contributed by atoms with Gasteiger partial charge in [0.25, 0.3) is 0 Å². The van der Waals surface area contributed by atoms with Crippen LogP contribution in [0.5, 0.6) is 0 Å². The maximum atomic E-state index is 12.4. The van der Waals surface area contributed by atoms with E-state index in [4.69, 9.17) is 4.74 Å². The molecule has 0 bridgehead atoms. The Bertz CT molecular complexity index is 382. The molecule has 1 amide bonds. The van der Waals surface area contributed by atoms with Gasteiger partial charge in [0.2, 0.25) is 0 Å². The zero-order valence-corrected chi connectivity index (χ0v) is 13.4. The van der Waals surface area contributed by atoms with Gasteiger partial charge in [0.1, 0.15) is 11.1 Å². The van der Waals surface area contributed by atoms with Gasteiger partial charge < -0.3 is 9.84 Å². The Labute approximate surface area is 121 Å². The second-order valence-electron chi connectivity index (χ2n) is 7.17. The topological polar surface area (TPSA) is 66.8 Å². The third kappa shape index (κ3) is 4.12. The van der Waals surface area contributed by atoms with Gasteiger partial charge in [0.15, 0.2) is 0 Å². The van der Waals surface area contributed by atoms with Gasteiger partial charge in [-0.25, -0.2) is 9.59 Å². The molecule has 0 heterocycles. The predicted molar refractivity (Wildman–Crippen MR) is 76.6 cm³/mol. The van der Waals surface area contributed by atoms with Crippen molar-refractivity contribution in [2.24, 2.45) is 5.92 Å². The molecule has 0 saturated heterocycles. The summed E-state index contributed by atoms with van der Waals surface area (Å²) in [6.45, 7) is 10.6. The first kappa shape index (κ1) is 16.8. The van der Waals surface area contributed by atoms with Gasteiger partial charge in [-0.3, -0.25) is 4.90 Å². The summed E-state index contributed by atoms with van der Waals surface area (Å²) in [5.74, 6) is -0.566. The van der Waals surface area contributed by atoms with Crippen molar-refractivity contribution in [2.75, 3.05) is 0 Å². The number of rotatable bonds is 5. The third-order valence-corrected chi connectivity index (χ3v) is 3.48. The van der Waals surface area contributed by atoms with E-state index in [1.54, 1.807) is 27.7 Å². The normalized spacial score (nSPS) is 18.6. The lowest BCUT2D eigenvalue weighted by Gasteiger charge is -2.41. The molecule has 0 aliphatic heterocycles. The van der Waals surface area contributed by atoms with E-state index in [0.29, 0.717) is 12.3 Å². The predicted octanol–water partition coefficient (Wildman–Crippen LogP) is 3.28. The summed E-state index contributed by atoms with van der Waals surface area (Å²) in [7, 11) is 0. The Morgan fingerprint density at radius 1 is 1.25 bits per heavy atom. The fourth-order valence-corrected chi connectivity index (χ4v) is 2.47. The van der Waals surface area contributed by atoms with Crippen LogP contribution in [0.3, 0.4) is 0 Å². The molecule has 5 nitrogen and oxygen atoms in total. The average molecular weight is 285 g/mol. The van der Waals surface area contributed by atoms with Crippen LogP contribution in [0.4, 0.5) is 4.79 Å².